The summed E-state index contributed by atoms with van der Waals surface area (Å²) < 4.78 is 0. The number of nitrogens with two attached hydrogens (primary N) is 1. The third kappa shape index (κ3) is 17.8. The number of carboxylic acid groups (broad SMARTS) is 2. The predicted octanol–water partition coefficient (Wildman–Crippen LogP) is -1.42. The average Bonchev–Trinajstić information content (AvgIpc) is 3.72. The fourth-order valence-electron chi connectivity index (χ4n) is 6.47. The molecule has 1 aliphatic rings. The molecule has 1 fully saturated rings. The summed E-state index contributed by atoms with van der Waals surface area (Å²) in [6.45, 7) is 4.15. The molecule has 22 heteroatoms. The molecule has 2 rings (SSSR count). The number of hydrogen-bond acceptors (Lipinski definition) is 13. The minimum Gasteiger partial charge on any atom is -0.481 e. The lowest BCUT2D eigenvalue weighted by atomic mass is 10.0. The number of benzene rings is 1. The molecule has 0 saturated carbocycles. The second kappa shape index (κ2) is 27.2. The molecule has 0 aromatic heterocycles. The molecule has 8 atom stereocenters. The Kier molecular flexibility index (Phi) is 23.3. The zero-order valence-electron chi connectivity index (χ0n) is 35.7. The van der Waals surface area contributed by atoms with Crippen LogP contribution < -0.4 is 37.6 Å². The van der Waals surface area contributed by atoms with Gasteiger partial charge in [0.05, 0.1) is 19.1 Å². The lowest BCUT2D eigenvalue weighted by molar-refractivity contribution is -0.144. The first-order valence-electron chi connectivity index (χ1n) is 20.3. The number of rotatable bonds is 27. The van der Waals surface area contributed by atoms with Gasteiger partial charge in [0.1, 0.15) is 42.3 Å². The van der Waals surface area contributed by atoms with Crippen LogP contribution in [-0.4, -0.2) is 159 Å². The fourth-order valence-corrected chi connectivity index (χ4v) is 7.43. The van der Waals surface area contributed by atoms with Crippen molar-refractivity contribution >= 4 is 76.8 Å². The monoisotopic (exact) mass is 910 g/mol. The van der Waals surface area contributed by atoms with Crippen molar-refractivity contribution in [2.45, 2.75) is 114 Å². The quantitative estimate of drug-likeness (QED) is 0.0485. The van der Waals surface area contributed by atoms with Crippen LogP contribution in [0.1, 0.15) is 64.9 Å². The summed E-state index contributed by atoms with van der Waals surface area (Å²) in [5.74, 6) is -7.40. The molecule has 8 unspecified atom stereocenters. The number of carbonyl (C=O) groups is 9. The Bertz CT molecular complexity index is 1710. The van der Waals surface area contributed by atoms with Gasteiger partial charge >= 0.3 is 11.9 Å². The first kappa shape index (κ1) is 53.2. The lowest BCUT2D eigenvalue weighted by Gasteiger charge is -2.30. The fraction of sp³-hybridized carbons (Fsp3) is 0.625. The van der Waals surface area contributed by atoms with Gasteiger partial charge in [-0.3, -0.25) is 38.4 Å². The minimum atomic E-state index is -1.57. The third-order valence-electron chi connectivity index (χ3n) is 9.85. The number of thioether (sulfide) groups is 2. The zero-order chi connectivity index (χ0) is 46.5. The molecule has 1 saturated heterocycles. The van der Waals surface area contributed by atoms with Gasteiger partial charge in [0.25, 0.3) is 0 Å². The topological polar surface area (TPSA) is 316 Å². The number of aliphatic hydroxyl groups excluding tert-OH is 1. The van der Waals surface area contributed by atoms with Crippen molar-refractivity contribution in [1.82, 2.24) is 36.8 Å². The highest BCUT2D eigenvalue weighted by molar-refractivity contribution is 7.98. The number of nitrogens with one attached hydrogen (secondary N) is 6. The summed E-state index contributed by atoms with van der Waals surface area (Å²) in [6.07, 6.45) is 3.81. The van der Waals surface area contributed by atoms with Crippen LogP contribution in [0.2, 0.25) is 0 Å². The van der Waals surface area contributed by atoms with Crippen molar-refractivity contribution in [3.63, 3.8) is 0 Å². The Labute approximate surface area is 369 Å². The van der Waals surface area contributed by atoms with E-state index in [2.05, 4.69) is 31.9 Å². The van der Waals surface area contributed by atoms with Crippen molar-refractivity contribution in [2.75, 3.05) is 37.2 Å². The highest BCUT2D eigenvalue weighted by Gasteiger charge is 2.40. The van der Waals surface area contributed by atoms with Gasteiger partial charge in [0.2, 0.25) is 41.4 Å². The van der Waals surface area contributed by atoms with Gasteiger partial charge in [-0.1, -0.05) is 44.2 Å². The molecule has 0 bridgehead atoms. The van der Waals surface area contributed by atoms with Crippen LogP contribution in [0, 0.1) is 5.92 Å². The molecule has 1 aromatic carbocycles. The number of nitrogens with zero attached hydrogens (tertiary/aromatic N) is 1. The molecule has 1 heterocycles. The standard InChI is InChI=1S/C40H62N8O12S2/c1-22(2)18-29(40(59)60)46-37(56)30(21-49)47-35(54)26(14-17-62-5)43-33(52)23(3)42-38(57)31-12-9-15-48(31)39(58)28(19-24-10-7-6-8-11-24)45-36(55)27(20-32(50)51)44-34(53)25(41)13-16-61-4/h6-8,10-11,22-23,25-31,49H,9,12-21,41H2,1-5H3,(H,42,57)(H,43,52)(H,44,53)(H,45,55)(H,46,56)(H,47,54)(H,50,51)(H,59,60). The van der Waals surface area contributed by atoms with Gasteiger partial charge in [0, 0.05) is 13.0 Å². The maximum absolute atomic E-state index is 14.2. The van der Waals surface area contributed by atoms with Gasteiger partial charge in [-0.05, 0) is 74.5 Å². The van der Waals surface area contributed by atoms with E-state index in [-0.39, 0.29) is 44.6 Å². The second-order valence-corrected chi connectivity index (χ2v) is 17.3. The first-order valence-corrected chi connectivity index (χ1v) is 23.1. The number of carbonyl (C=O) groups excluding carboxylic acids is 7. The second-order valence-electron chi connectivity index (χ2n) is 15.3. The number of likely N-dealkylation sites (tertiary alicyclic amines) is 1. The van der Waals surface area contributed by atoms with E-state index in [9.17, 15) is 58.5 Å². The van der Waals surface area contributed by atoms with Crippen LogP contribution in [0.4, 0.5) is 0 Å². The van der Waals surface area contributed by atoms with Crippen LogP contribution in [-0.2, 0) is 49.6 Å². The van der Waals surface area contributed by atoms with E-state index >= 15 is 0 Å². The average molecular weight is 911 g/mol. The minimum absolute atomic E-state index is 0.0492. The summed E-state index contributed by atoms with van der Waals surface area (Å²) in [4.78, 5) is 119. The van der Waals surface area contributed by atoms with E-state index < -0.39 is 115 Å². The van der Waals surface area contributed by atoms with Gasteiger partial charge in [-0.25, -0.2) is 4.79 Å². The molecule has 62 heavy (non-hydrogen) atoms. The molecule has 7 amide bonds. The number of hydrogen-bond donors (Lipinski definition) is 10. The number of aliphatic hydroxyl groups is 1. The Morgan fingerprint density at radius 3 is 1.85 bits per heavy atom. The number of carboxylic acids is 2. The summed E-state index contributed by atoms with van der Waals surface area (Å²) in [7, 11) is 0. The highest BCUT2D eigenvalue weighted by atomic mass is 32.2. The first-order chi connectivity index (χ1) is 29.3. The van der Waals surface area contributed by atoms with E-state index in [1.165, 1.54) is 35.3 Å². The van der Waals surface area contributed by atoms with Gasteiger partial charge in [-0.15, -0.1) is 0 Å². The Hall–Kier alpha value is -4.93. The third-order valence-corrected chi connectivity index (χ3v) is 11.1. The smallest absolute Gasteiger partial charge is 0.326 e. The Morgan fingerprint density at radius 1 is 0.726 bits per heavy atom. The van der Waals surface area contributed by atoms with Crippen molar-refractivity contribution in [3.8, 4) is 0 Å². The predicted molar refractivity (Wildman–Crippen MR) is 233 cm³/mol. The Balaban J connectivity index is 2.23. The van der Waals surface area contributed by atoms with Crippen LogP contribution in [0.15, 0.2) is 30.3 Å². The van der Waals surface area contributed by atoms with Crippen molar-refractivity contribution in [3.05, 3.63) is 35.9 Å². The summed E-state index contributed by atoms with van der Waals surface area (Å²) >= 11 is 2.82. The van der Waals surface area contributed by atoms with Crippen LogP contribution in [0.3, 0.4) is 0 Å². The summed E-state index contributed by atoms with van der Waals surface area (Å²) in [5, 5.41) is 43.8. The normalized spacial score (nSPS) is 17.0. The van der Waals surface area contributed by atoms with E-state index in [0.29, 0.717) is 23.5 Å². The maximum atomic E-state index is 14.2. The molecule has 1 aliphatic heterocycles. The molecular formula is C40H62N8O12S2. The highest BCUT2D eigenvalue weighted by Crippen LogP contribution is 2.20. The van der Waals surface area contributed by atoms with Gasteiger partial charge in [-0.2, -0.15) is 23.5 Å². The van der Waals surface area contributed by atoms with E-state index in [4.69, 9.17) is 5.73 Å². The summed E-state index contributed by atoms with van der Waals surface area (Å²) in [5.41, 5.74) is 6.59. The molecule has 0 aliphatic carbocycles. The van der Waals surface area contributed by atoms with Crippen LogP contribution >= 0.6 is 23.5 Å². The van der Waals surface area contributed by atoms with Crippen LogP contribution in [0.5, 0.6) is 0 Å². The number of amides is 7. The molecule has 1 aromatic rings. The molecular weight excluding hydrogens is 849 g/mol. The van der Waals surface area contributed by atoms with Crippen molar-refractivity contribution in [2.24, 2.45) is 11.7 Å². The lowest BCUT2D eigenvalue weighted by Crippen LogP contribution is -2.60. The van der Waals surface area contributed by atoms with E-state index in [0.717, 1.165) is 0 Å². The van der Waals surface area contributed by atoms with Gasteiger partial charge in [0.15, 0.2) is 0 Å². The van der Waals surface area contributed by atoms with Crippen molar-refractivity contribution in [1.29, 1.82) is 0 Å². The maximum Gasteiger partial charge on any atom is 0.326 e. The molecule has 0 spiro atoms. The van der Waals surface area contributed by atoms with Crippen LogP contribution in [0.25, 0.3) is 0 Å². The zero-order valence-corrected chi connectivity index (χ0v) is 37.4. The molecule has 0 radical (unpaired) electrons. The Morgan fingerprint density at radius 2 is 1.27 bits per heavy atom. The SMILES string of the molecule is CSCCC(N)C(=O)NC(CC(=O)O)C(=O)NC(Cc1ccccc1)C(=O)N1CCCC1C(=O)NC(C)C(=O)NC(CCSC)C(=O)NC(CO)C(=O)NC(CC(C)C)C(=O)O. The van der Waals surface area contributed by atoms with Crippen molar-refractivity contribution < 1.29 is 58.5 Å². The largest absolute Gasteiger partial charge is 0.481 e. The van der Waals surface area contributed by atoms with E-state index in [1.807, 2.05) is 6.26 Å². The molecule has 346 valence electrons. The van der Waals surface area contributed by atoms with Gasteiger partial charge < -0.3 is 57.9 Å². The number of aliphatic carboxylic acids is 2. The molecule has 20 nitrogen and oxygen atoms in total. The summed E-state index contributed by atoms with van der Waals surface area (Å²) in [6, 6.07) is -1.58. The van der Waals surface area contributed by atoms with E-state index in [1.54, 1.807) is 50.4 Å². The molecule has 11 N–H and O–H groups in total.